The summed E-state index contributed by atoms with van der Waals surface area (Å²) in [7, 11) is 1.22. The first kappa shape index (κ1) is 16.7. The molecule has 0 spiro atoms. The van der Waals surface area contributed by atoms with E-state index in [0.717, 1.165) is 6.42 Å². The van der Waals surface area contributed by atoms with Crippen LogP contribution in [0.25, 0.3) is 0 Å². The summed E-state index contributed by atoms with van der Waals surface area (Å²) in [6, 6.07) is 6.56. The number of hydrogen-bond donors (Lipinski definition) is 2. The number of esters is 1. The molecular weight excluding hydrogens is 272 g/mol. The van der Waals surface area contributed by atoms with Gasteiger partial charge in [-0.1, -0.05) is 6.92 Å². The van der Waals surface area contributed by atoms with E-state index in [9.17, 15) is 14.4 Å². The van der Waals surface area contributed by atoms with Crippen molar-refractivity contribution in [3.63, 3.8) is 0 Å². The largest absolute Gasteiger partial charge is 0.469 e. The molecular formula is C15H20N2O4. The lowest BCUT2D eigenvalue weighted by atomic mass is 10.1. The van der Waals surface area contributed by atoms with Crippen molar-refractivity contribution in [1.29, 1.82) is 0 Å². The Morgan fingerprint density at radius 2 is 1.81 bits per heavy atom. The fourth-order valence-electron chi connectivity index (χ4n) is 1.52. The molecule has 0 saturated carbocycles. The van der Waals surface area contributed by atoms with Crippen LogP contribution in [0.5, 0.6) is 0 Å². The lowest BCUT2D eigenvalue weighted by Crippen LogP contribution is -2.31. The number of anilines is 1. The number of methoxy groups -OCH3 is 1. The van der Waals surface area contributed by atoms with E-state index in [1.807, 2.05) is 13.8 Å². The van der Waals surface area contributed by atoms with E-state index in [1.54, 1.807) is 24.3 Å². The van der Waals surface area contributed by atoms with Gasteiger partial charge < -0.3 is 15.4 Å². The van der Waals surface area contributed by atoms with Crippen molar-refractivity contribution in [3.8, 4) is 0 Å². The average Bonchev–Trinajstić information content (AvgIpc) is 2.47. The predicted octanol–water partition coefficient (Wildman–Crippen LogP) is 1.72. The predicted molar refractivity (Wildman–Crippen MR) is 78.9 cm³/mol. The van der Waals surface area contributed by atoms with E-state index < -0.39 is 11.9 Å². The highest BCUT2D eigenvalue weighted by atomic mass is 16.5. The van der Waals surface area contributed by atoms with Crippen LogP contribution in [0.2, 0.25) is 0 Å². The Labute approximate surface area is 123 Å². The Bertz CT molecular complexity index is 511. The first-order valence-corrected chi connectivity index (χ1v) is 6.73. The van der Waals surface area contributed by atoms with Crippen molar-refractivity contribution in [1.82, 2.24) is 5.32 Å². The number of nitrogens with one attached hydrogen (secondary N) is 2. The van der Waals surface area contributed by atoms with Crippen LogP contribution in [0.15, 0.2) is 24.3 Å². The molecule has 0 aliphatic carbocycles. The molecule has 0 fully saturated rings. The van der Waals surface area contributed by atoms with E-state index in [2.05, 4.69) is 15.4 Å². The standard InChI is InChI=1S/C15H20N2O4/c1-4-10(2)16-15(20)11-5-7-12(8-6-11)17-13(18)9-14(19)21-3/h5-8,10H,4,9H2,1-3H3,(H,16,20)(H,17,18). The van der Waals surface area contributed by atoms with Gasteiger partial charge >= 0.3 is 5.97 Å². The first-order chi connectivity index (χ1) is 9.96. The van der Waals surface area contributed by atoms with Crippen molar-refractivity contribution < 1.29 is 19.1 Å². The summed E-state index contributed by atoms with van der Waals surface area (Å²) in [6.07, 6.45) is 0.514. The second kappa shape index (κ2) is 8.04. The van der Waals surface area contributed by atoms with Gasteiger partial charge in [0, 0.05) is 17.3 Å². The molecule has 0 aromatic heterocycles. The SMILES string of the molecule is CCC(C)NC(=O)c1ccc(NC(=O)CC(=O)OC)cc1. The fourth-order valence-corrected chi connectivity index (χ4v) is 1.52. The highest BCUT2D eigenvalue weighted by Crippen LogP contribution is 2.10. The number of carbonyl (C=O) groups excluding carboxylic acids is 3. The second-order valence-electron chi connectivity index (χ2n) is 4.66. The van der Waals surface area contributed by atoms with Crippen molar-refractivity contribution in [2.45, 2.75) is 32.7 Å². The van der Waals surface area contributed by atoms with Crippen molar-refractivity contribution in [3.05, 3.63) is 29.8 Å². The highest BCUT2D eigenvalue weighted by Gasteiger charge is 2.11. The van der Waals surface area contributed by atoms with Crippen LogP contribution in [0, 0.1) is 0 Å². The third-order valence-electron chi connectivity index (χ3n) is 2.95. The molecule has 114 valence electrons. The highest BCUT2D eigenvalue weighted by molar-refractivity contribution is 6.02. The zero-order chi connectivity index (χ0) is 15.8. The Morgan fingerprint density at radius 3 is 2.33 bits per heavy atom. The molecule has 21 heavy (non-hydrogen) atoms. The minimum atomic E-state index is -0.600. The van der Waals surface area contributed by atoms with Crippen LogP contribution in [0.3, 0.4) is 0 Å². The van der Waals surface area contributed by atoms with Gasteiger partial charge in [0.05, 0.1) is 7.11 Å². The Balaban J connectivity index is 2.59. The van der Waals surface area contributed by atoms with Gasteiger partial charge in [-0.05, 0) is 37.6 Å². The number of ether oxygens (including phenoxy) is 1. The zero-order valence-corrected chi connectivity index (χ0v) is 12.4. The molecule has 0 radical (unpaired) electrons. The Hall–Kier alpha value is -2.37. The normalized spacial score (nSPS) is 11.4. The van der Waals surface area contributed by atoms with E-state index in [4.69, 9.17) is 0 Å². The van der Waals surface area contributed by atoms with Gasteiger partial charge in [0.15, 0.2) is 0 Å². The summed E-state index contributed by atoms with van der Waals surface area (Å²) in [4.78, 5) is 34.3. The fraction of sp³-hybridized carbons (Fsp3) is 0.400. The first-order valence-electron chi connectivity index (χ1n) is 6.73. The van der Waals surface area contributed by atoms with Crippen LogP contribution in [0.1, 0.15) is 37.0 Å². The van der Waals surface area contributed by atoms with Crippen molar-refractivity contribution in [2.24, 2.45) is 0 Å². The molecule has 6 nitrogen and oxygen atoms in total. The van der Waals surface area contributed by atoms with Gasteiger partial charge in [-0.15, -0.1) is 0 Å². The second-order valence-corrected chi connectivity index (χ2v) is 4.66. The van der Waals surface area contributed by atoms with E-state index >= 15 is 0 Å². The lowest BCUT2D eigenvalue weighted by molar-refractivity contribution is -0.142. The summed E-state index contributed by atoms with van der Waals surface area (Å²) in [5.74, 6) is -1.22. The summed E-state index contributed by atoms with van der Waals surface area (Å²) in [5, 5.41) is 5.41. The molecule has 0 saturated heterocycles. The molecule has 6 heteroatoms. The summed E-state index contributed by atoms with van der Waals surface area (Å²) >= 11 is 0. The monoisotopic (exact) mass is 292 g/mol. The number of carbonyl (C=O) groups is 3. The molecule has 1 unspecified atom stereocenters. The molecule has 0 heterocycles. The minimum absolute atomic E-state index is 0.108. The van der Waals surface area contributed by atoms with Gasteiger partial charge in [0.1, 0.15) is 6.42 Å². The van der Waals surface area contributed by atoms with Crippen LogP contribution >= 0.6 is 0 Å². The third kappa shape index (κ3) is 5.64. The minimum Gasteiger partial charge on any atom is -0.469 e. The lowest BCUT2D eigenvalue weighted by Gasteiger charge is -2.11. The van der Waals surface area contributed by atoms with Gasteiger partial charge in [-0.2, -0.15) is 0 Å². The maximum atomic E-state index is 11.9. The van der Waals surface area contributed by atoms with Gasteiger partial charge in [-0.25, -0.2) is 0 Å². The van der Waals surface area contributed by atoms with Crippen molar-refractivity contribution >= 4 is 23.5 Å². The average molecular weight is 292 g/mol. The zero-order valence-electron chi connectivity index (χ0n) is 12.4. The van der Waals surface area contributed by atoms with Crippen molar-refractivity contribution in [2.75, 3.05) is 12.4 Å². The van der Waals surface area contributed by atoms with Crippen LogP contribution in [0.4, 0.5) is 5.69 Å². The number of benzene rings is 1. The van der Waals surface area contributed by atoms with Crippen LogP contribution in [-0.2, 0) is 14.3 Å². The van der Waals surface area contributed by atoms with Gasteiger partial charge in [-0.3, -0.25) is 14.4 Å². The molecule has 0 aliphatic rings. The molecule has 1 rings (SSSR count). The molecule has 1 aromatic carbocycles. The third-order valence-corrected chi connectivity index (χ3v) is 2.95. The summed E-state index contributed by atoms with van der Waals surface area (Å²) < 4.78 is 4.40. The number of amides is 2. The topological polar surface area (TPSA) is 84.5 Å². The van der Waals surface area contributed by atoms with Crippen LogP contribution < -0.4 is 10.6 Å². The number of rotatable bonds is 6. The van der Waals surface area contributed by atoms with Gasteiger partial charge in [0.25, 0.3) is 5.91 Å². The maximum Gasteiger partial charge on any atom is 0.315 e. The Morgan fingerprint density at radius 1 is 1.19 bits per heavy atom. The molecule has 1 atom stereocenters. The number of hydrogen-bond acceptors (Lipinski definition) is 4. The molecule has 0 aliphatic heterocycles. The molecule has 0 bridgehead atoms. The van der Waals surface area contributed by atoms with E-state index in [-0.39, 0.29) is 18.4 Å². The molecule has 2 amide bonds. The smallest absolute Gasteiger partial charge is 0.315 e. The van der Waals surface area contributed by atoms with Gasteiger partial charge in [0.2, 0.25) is 5.91 Å². The summed E-state index contributed by atoms with van der Waals surface area (Å²) in [5.41, 5.74) is 1.03. The Kier molecular flexibility index (Phi) is 6.39. The van der Waals surface area contributed by atoms with E-state index in [1.165, 1.54) is 7.11 Å². The van der Waals surface area contributed by atoms with Crippen LogP contribution in [-0.4, -0.2) is 30.9 Å². The van der Waals surface area contributed by atoms with E-state index in [0.29, 0.717) is 11.3 Å². The molecule has 1 aromatic rings. The quantitative estimate of drug-likeness (QED) is 0.617. The maximum absolute atomic E-state index is 11.9. The molecule has 2 N–H and O–H groups in total. The summed E-state index contributed by atoms with van der Waals surface area (Å²) in [6.45, 7) is 3.92.